The van der Waals surface area contributed by atoms with Crippen LogP contribution in [0.3, 0.4) is 0 Å². The molecule has 3 aromatic carbocycles. The van der Waals surface area contributed by atoms with Gasteiger partial charge in [0.05, 0.1) is 0 Å². The number of hydrogen-bond acceptors (Lipinski definition) is 1. The Morgan fingerprint density at radius 2 is 1.50 bits per heavy atom. The number of furan rings is 1. The zero-order valence-corrected chi connectivity index (χ0v) is 10.9. The first-order valence-electron chi connectivity index (χ1n) is 6.92. The predicted molar refractivity (Wildman–Crippen MR) is 82.0 cm³/mol. The molecule has 0 radical (unpaired) electrons. The normalized spacial score (nSPS) is 12.8. The van der Waals surface area contributed by atoms with Crippen molar-refractivity contribution in [1.82, 2.24) is 0 Å². The first kappa shape index (κ1) is 10.3. The summed E-state index contributed by atoms with van der Waals surface area (Å²) >= 11 is 0. The Bertz CT molecular complexity index is 976. The standard InChI is InChI=1S/C19H12O/c1-2-6-14-12(5-1)9-13-10-19-17(11-16(13)14)15-7-3-4-8-18(15)20-19/h1-8,10-11H,9H2. The van der Waals surface area contributed by atoms with Crippen LogP contribution in [-0.4, -0.2) is 0 Å². The Morgan fingerprint density at radius 1 is 0.650 bits per heavy atom. The lowest BCUT2D eigenvalue weighted by Crippen LogP contribution is -1.79. The third-order valence-electron chi connectivity index (χ3n) is 4.29. The molecular weight excluding hydrogens is 244 g/mol. The van der Waals surface area contributed by atoms with E-state index in [0.717, 1.165) is 17.6 Å². The first-order valence-corrected chi connectivity index (χ1v) is 6.92. The first-order chi connectivity index (χ1) is 9.90. The highest BCUT2D eigenvalue weighted by Gasteiger charge is 2.20. The molecule has 1 aromatic heterocycles. The maximum atomic E-state index is 5.98. The lowest BCUT2D eigenvalue weighted by atomic mass is 10.0. The van der Waals surface area contributed by atoms with Crippen molar-refractivity contribution in [2.75, 3.05) is 0 Å². The minimum atomic E-state index is 0.972. The predicted octanol–water partition coefficient (Wildman–Crippen LogP) is 5.16. The fourth-order valence-electron chi connectivity index (χ4n) is 3.35. The molecule has 0 fully saturated rings. The van der Waals surface area contributed by atoms with Gasteiger partial charge in [-0.15, -0.1) is 0 Å². The molecule has 0 saturated carbocycles. The van der Waals surface area contributed by atoms with Gasteiger partial charge in [-0.2, -0.15) is 0 Å². The number of rotatable bonds is 0. The fourth-order valence-corrected chi connectivity index (χ4v) is 3.35. The van der Waals surface area contributed by atoms with E-state index in [-0.39, 0.29) is 0 Å². The van der Waals surface area contributed by atoms with Crippen molar-refractivity contribution in [1.29, 1.82) is 0 Å². The molecule has 1 nitrogen and oxygen atoms in total. The van der Waals surface area contributed by atoms with Crippen molar-refractivity contribution in [3.05, 3.63) is 71.8 Å². The summed E-state index contributed by atoms with van der Waals surface area (Å²) in [5.74, 6) is 0. The Morgan fingerprint density at radius 3 is 2.50 bits per heavy atom. The smallest absolute Gasteiger partial charge is 0.135 e. The third kappa shape index (κ3) is 1.22. The summed E-state index contributed by atoms with van der Waals surface area (Å²) in [6.45, 7) is 0. The van der Waals surface area contributed by atoms with Gasteiger partial charge in [-0.05, 0) is 46.9 Å². The van der Waals surface area contributed by atoms with Crippen LogP contribution in [0.25, 0.3) is 33.1 Å². The highest BCUT2D eigenvalue weighted by molar-refractivity contribution is 6.07. The molecule has 0 spiro atoms. The molecular formula is C19H12O. The lowest BCUT2D eigenvalue weighted by molar-refractivity contribution is 0.668. The molecule has 0 amide bonds. The van der Waals surface area contributed by atoms with Gasteiger partial charge in [-0.3, -0.25) is 0 Å². The maximum absolute atomic E-state index is 5.98. The zero-order chi connectivity index (χ0) is 13.1. The summed E-state index contributed by atoms with van der Waals surface area (Å²) in [4.78, 5) is 0. The van der Waals surface area contributed by atoms with Gasteiger partial charge in [-0.1, -0.05) is 42.5 Å². The summed E-state index contributed by atoms with van der Waals surface area (Å²) in [7, 11) is 0. The largest absolute Gasteiger partial charge is 0.456 e. The summed E-state index contributed by atoms with van der Waals surface area (Å²) < 4.78 is 5.98. The number of fused-ring (bicyclic) bond motifs is 6. The van der Waals surface area contributed by atoms with Crippen LogP contribution < -0.4 is 0 Å². The van der Waals surface area contributed by atoms with Crippen LogP contribution >= 0.6 is 0 Å². The average Bonchev–Trinajstić information content (AvgIpc) is 3.02. The van der Waals surface area contributed by atoms with Gasteiger partial charge in [0.15, 0.2) is 0 Å². The Labute approximate surface area is 116 Å². The molecule has 1 heteroatoms. The number of para-hydroxylation sites is 1. The summed E-state index contributed by atoms with van der Waals surface area (Å²) in [6, 6.07) is 21.4. The second-order valence-electron chi connectivity index (χ2n) is 5.44. The van der Waals surface area contributed by atoms with Crippen LogP contribution in [0.5, 0.6) is 0 Å². The number of benzene rings is 3. The van der Waals surface area contributed by atoms with Crippen molar-refractivity contribution in [3.63, 3.8) is 0 Å². The Hall–Kier alpha value is -2.54. The van der Waals surface area contributed by atoms with Crippen LogP contribution in [0.2, 0.25) is 0 Å². The van der Waals surface area contributed by atoms with Crippen molar-refractivity contribution >= 4 is 21.9 Å². The molecule has 0 saturated heterocycles. The van der Waals surface area contributed by atoms with E-state index in [0.29, 0.717) is 0 Å². The molecule has 1 aliphatic rings. The summed E-state index contributed by atoms with van der Waals surface area (Å²) in [5, 5.41) is 2.42. The molecule has 4 aromatic rings. The molecule has 20 heavy (non-hydrogen) atoms. The molecule has 5 rings (SSSR count). The second kappa shape index (κ2) is 3.51. The van der Waals surface area contributed by atoms with Gasteiger partial charge in [0.25, 0.3) is 0 Å². The van der Waals surface area contributed by atoms with Crippen molar-refractivity contribution in [2.45, 2.75) is 6.42 Å². The van der Waals surface area contributed by atoms with Gasteiger partial charge in [0.1, 0.15) is 11.2 Å². The highest BCUT2D eigenvalue weighted by Crippen LogP contribution is 2.41. The SMILES string of the molecule is c1ccc2c(c1)Cc1cc3oc4ccccc4c3cc1-2. The molecule has 0 unspecified atom stereocenters. The van der Waals surface area contributed by atoms with E-state index in [1.165, 1.54) is 33.0 Å². The van der Waals surface area contributed by atoms with E-state index in [1.807, 2.05) is 12.1 Å². The highest BCUT2D eigenvalue weighted by atomic mass is 16.3. The Kier molecular flexibility index (Phi) is 1.80. The van der Waals surface area contributed by atoms with E-state index < -0.39 is 0 Å². The Balaban J connectivity index is 1.91. The monoisotopic (exact) mass is 256 g/mol. The third-order valence-corrected chi connectivity index (χ3v) is 4.29. The van der Waals surface area contributed by atoms with Crippen LogP contribution in [-0.2, 0) is 6.42 Å². The molecule has 0 N–H and O–H groups in total. The number of hydrogen-bond donors (Lipinski definition) is 0. The molecule has 94 valence electrons. The average molecular weight is 256 g/mol. The molecule has 0 atom stereocenters. The van der Waals surface area contributed by atoms with Gasteiger partial charge in [-0.25, -0.2) is 0 Å². The zero-order valence-electron chi connectivity index (χ0n) is 10.9. The van der Waals surface area contributed by atoms with Crippen molar-refractivity contribution in [3.8, 4) is 11.1 Å². The molecule has 0 bridgehead atoms. The van der Waals surface area contributed by atoms with E-state index >= 15 is 0 Å². The summed E-state index contributed by atoms with van der Waals surface area (Å²) in [6.07, 6.45) is 1.01. The second-order valence-corrected chi connectivity index (χ2v) is 5.44. The van der Waals surface area contributed by atoms with Crippen LogP contribution in [0.1, 0.15) is 11.1 Å². The van der Waals surface area contributed by atoms with Gasteiger partial charge >= 0.3 is 0 Å². The van der Waals surface area contributed by atoms with Crippen LogP contribution in [0.15, 0.2) is 65.1 Å². The molecule has 1 heterocycles. The molecule has 1 aliphatic carbocycles. The van der Waals surface area contributed by atoms with Crippen molar-refractivity contribution < 1.29 is 4.42 Å². The fraction of sp³-hybridized carbons (Fsp3) is 0.0526. The van der Waals surface area contributed by atoms with Crippen molar-refractivity contribution in [2.24, 2.45) is 0 Å². The molecule has 0 aliphatic heterocycles. The summed E-state index contributed by atoms with van der Waals surface area (Å²) in [5.41, 5.74) is 7.49. The van der Waals surface area contributed by atoms with E-state index in [1.54, 1.807) is 0 Å². The van der Waals surface area contributed by atoms with Gasteiger partial charge in [0, 0.05) is 10.8 Å². The minimum Gasteiger partial charge on any atom is -0.456 e. The lowest BCUT2D eigenvalue weighted by Gasteiger charge is -2.00. The minimum absolute atomic E-state index is 0.972. The van der Waals surface area contributed by atoms with Crippen LogP contribution in [0, 0.1) is 0 Å². The topological polar surface area (TPSA) is 13.1 Å². The van der Waals surface area contributed by atoms with E-state index in [9.17, 15) is 0 Å². The van der Waals surface area contributed by atoms with Gasteiger partial charge in [0.2, 0.25) is 0 Å². The van der Waals surface area contributed by atoms with Gasteiger partial charge < -0.3 is 4.42 Å². The maximum Gasteiger partial charge on any atom is 0.135 e. The van der Waals surface area contributed by atoms with Crippen LogP contribution in [0.4, 0.5) is 0 Å². The van der Waals surface area contributed by atoms with E-state index in [4.69, 9.17) is 4.42 Å². The van der Waals surface area contributed by atoms with E-state index in [2.05, 4.69) is 48.5 Å². The quantitative estimate of drug-likeness (QED) is 0.373.